The average molecular weight is 437 g/mol. The van der Waals surface area contributed by atoms with E-state index in [1.54, 1.807) is 0 Å². The predicted molar refractivity (Wildman–Crippen MR) is 133 cm³/mol. The van der Waals surface area contributed by atoms with Crippen molar-refractivity contribution in [3.63, 3.8) is 0 Å². The van der Waals surface area contributed by atoms with Gasteiger partial charge in [-0.05, 0) is 72.9 Å². The first-order chi connectivity index (χ1) is 15.2. The Bertz CT molecular complexity index is 868. The molecule has 0 spiro atoms. The van der Waals surface area contributed by atoms with Gasteiger partial charge in [0.05, 0.1) is 6.04 Å². The molecular weight excluding hydrogens is 396 g/mol. The number of carbonyl (C=O) groups is 1. The van der Waals surface area contributed by atoms with Gasteiger partial charge in [0, 0.05) is 18.8 Å². The summed E-state index contributed by atoms with van der Waals surface area (Å²) in [4.78, 5) is 15.4. The summed E-state index contributed by atoms with van der Waals surface area (Å²) in [5.74, 6) is 1.40. The van der Waals surface area contributed by atoms with Crippen LogP contribution in [0, 0.1) is 5.92 Å². The van der Waals surface area contributed by atoms with Crippen LogP contribution in [0.4, 0.5) is 5.69 Å². The summed E-state index contributed by atoms with van der Waals surface area (Å²) >= 11 is 0. The SMILES string of the molecule is CC[C@H](Oc1ccc(C(C)(C)C)cc1)C(=O)N[C@H](C)c1ccc(N2CCC[C@@H](C)C2)cc1. The van der Waals surface area contributed by atoms with Gasteiger partial charge in [-0.25, -0.2) is 0 Å². The lowest BCUT2D eigenvalue weighted by atomic mass is 9.87. The molecule has 1 fully saturated rings. The highest BCUT2D eigenvalue weighted by Crippen LogP contribution is 2.26. The van der Waals surface area contributed by atoms with E-state index in [0.29, 0.717) is 6.42 Å². The standard InChI is InChI=1S/C28H40N2O2/c1-7-26(32-25-16-12-23(13-17-25)28(4,5)6)27(31)29-21(3)22-10-14-24(15-11-22)30-18-8-9-20(2)19-30/h10-17,20-21,26H,7-9,18-19H2,1-6H3,(H,29,31)/t20-,21-,26+/m1/s1. The summed E-state index contributed by atoms with van der Waals surface area (Å²) < 4.78 is 6.02. The van der Waals surface area contributed by atoms with E-state index in [4.69, 9.17) is 4.74 Å². The van der Waals surface area contributed by atoms with Gasteiger partial charge in [-0.1, -0.05) is 58.9 Å². The number of hydrogen-bond donors (Lipinski definition) is 1. The molecule has 1 aliphatic rings. The van der Waals surface area contributed by atoms with Crippen molar-refractivity contribution in [2.45, 2.75) is 78.4 Å². The third kappa shape index (κ3) is 6.27. The highest BCUT2D eigenvalue weighted by molar-refractivity contribution is 5.81. The summed E-state index contributed by atoms with van der Waals surface area (Å²) in [6.45, 7) is 15.1. The molecule has 1 heterocycles. The number of carbonyl (C=O) groups excluding carboxylic acids is 1. The molecular formula is C28H40N2O2. The van der Waals surface area contributed by atoms with Crippen LogP contribution < -0.4 is 15.0 Å². The smallest absolute Gasteiger partial charge is 0.261 e. The van der Waals surface area contributed by atoms with Crippen LogP contribution in [0.5, 0.6) is 5.75 Å². The number of hydrogen-bond acceptors (Lipinski definition) is 3. The maximum atomic E-state index is 12.9. The lowest BCUT2D eigenvalue weighted by molar-refractivity contribution is -0.128. The van der Waals surface area contributed by atoms with E-state index in [2.05, 4.69) is 74.3 Å². The number of nitrogens with one attached hydrogen (secondary N) is 1. The molecule has 0 bridgehead atoms. The van der Waals surface area contributed by atoms with Crippen molar-refractivity contribution in [1.29, 1.82) is 0 Å². The molecule has 1 aliphatic heterocycles. The Hall–Kier alpha value is -2.49. The van der Waals surface area contributed by atoms with Crippen LogP contribution in [0.2, 0.25) is 0 Å². The van der Waals surface area contributed by atoms with Crippen molar-refractivity contribution >= 4 is 11.6 Å². The maximum absolute atomic E-state index is 12.9. The molecule has 4 nitrogen and oxygen atoms in total. The summed E-state index contributed by atoms with van der Waals surface area (Å²) in [5, 5.41) is 3.13. The normalized spacial score (nSPS) is 18.7. The first-order valence-electron chi connectivity index (χ1n) is 12.1. The van der Waals surface area contributed by atoms with Gasteiger partial charge in [0.15, 0.2) is 6.10 Å². The molecule has 0 saturated carbocycles. The van der Waals surface area contributed by atoms with Gasteiger partial charge in [0.1, 0.15) is 5.75 Å². The Morgan fingerprint density at radius 1 is 1.12 bits per heavy atom. The van der Waals surface area contributed by atoms with Crippen LogP contribution in [0.15, 0.2) is 48.5 Å². The highest BCUT2D eigenvalue weighted by atomic mass is 16.5. The van der Waals surface area contributed by atoms with E-state index in [1.807, 2.05) is 26.0 Å². The summed E-state index contributed by atoms with van der Waals surface area (Å²) in [5.41, 5.74) is 3.72. The third-order valence-electron chi connectivity index (χ3n) is 6.44. The van der Waals surface area contributed by atoms with Crippen LogP contribution in [0.1, 0.15) is 78.0 Å². The van der Waals surface area contributed by atoms with E-state index in [9.17, 15) is 4.79 Å². The number of amides is 1. The predicted octanol–water partition coefficient (Wildman–Crippen LogP) is 6.26. The number of benzene rings is 2. The van der Waals surface area contributed by atoms with Crippen LogP contribution in [-0.2, 0) is 10.2 Å². The minimum Gasteiger partial charge on any atom is -0.481 e. The number of rotatable bonds is 7. The Balaban J connectivity index is 1.58. The Labute approximate surface area is 194 Å². The van der Waals surface area contributed by atoms with E-state index in [-0.39, 0.29) is 17.4 Å². The van der Waals surface area contributed by atoms with E-state index >= 15 is 0 Å². The van der Waals surface area contributed by atoms with Crippen molar-refractivity contribution in [1.82, 2.24) is 5.32 Å². The van der Waals surface area contributed by atoms with Crippen molar-refractivity contribution in [3.8, 4) is 5.75 Å². The molecule has 0 radical (unpaired) electrons. The quantitative estimate of drug-likeness (QED) is 0.557. The zero-order chi connectivity index (χ0) is 23.3. The number of nitrogens with zero attached hydrogens (tertiary/aromatic N) is 1. The van der Waals surface area contributed by atoms with Crippen LogP contribution in [0.25, 0.3) is 0 Å². The van der Waals surface area contributed by atoms with Crippen molar-refractivity contribution in [2.24, 2.45) is 5.92 Å². The summed E-state index contributed by atoms with van der Waals surface area (Å²) in [6.07, 6.45) is 2.68. The number of piperidine rings is 1. The average Bonchev–Trinajstić information content (AvgIpc) is 2.77. The van der Waals surface area contributed by atoms with Gasteiger partial charge in [0.2, 0.25) is 0 Å². The zero-order valence-corrected chi connectivity index (χ0v) is 20.7. The molecule has 4 heteroatoms. The van der Waals surface area contributed by atoms with Crippen molar-refractivity contribution in [3.05, 3.63) is 59.7 Å². The first kappa shape index (κ1) is 24.2. The number of anilines is 1. The second-order valence-electron chi connectivity index (χ2n) is 10.3. The fraction of sp³-hybridized carbons (Fsp3) is 0.536. The lowest BCUT2D eigenvalue weighted by Crippen LogP contribution is -2.39. The fourth-order valence-electron chi connectivity index (χ4n) is 4.31. The zero-order valence-electron chi connectivity index (χ0n) is 20.7. The van der Waals surface area contributed by atoms with Gasteiger partial charge in [-0.3, -0.25) is 4.79 Å². The van der Waals surface area contributed by atoms with E-state index in [0.717, 1.165) is 30.3 Å². The lowest BCUT2D eigenvalue weighted by Gasteiger charge is -2.33. The van der Waals surface area contributed by atoms with Gasteiger partial charge in [-0.2, -0.15) is 0 Å². The van der Waals surface area contributed by atoms with Crippen LogP contribution in [0.3, 0.4) is 0 Å². The number of ether oxygens (including phenoxy) is 1. The molecule has 2 aromatic carbocycles. The molecule has 32 heavy (non-hydrogen) atoms. The fourth-order valence-corrected chi connectivity index (χ4v) is 4.31. The molecule has 2 aromatic rings. The molecule has 0 aliphatic carbocycles. The van der Waals surface area contributed by atoms with Gasteiger partial charge < -0.3 is 15.0 Å². The highest BCUT2D eigenvalue weighted by Gasteiger charge is 2.22. The largest absolute Gasteiger partial charge is 0.481 e. The summed E-state index contributed by atoms with van der Waals surface area (Å²) in [7, 11) is 0. The molecule has 174 valence electrons. The monoisotopic (exact) mass is 436 g/mol. The van der Waals surface area contributed by atoms with E-state index in [1.165, 1.54) is 24.1 Å². The maximum Gasteiger partial charge on any atom is 0.261 e. The molecule has 3 atom stereocenters. The Morgan fingerprint density at radius 2 is 1.78 bits per heavy atom. The van der Waals surface area contributed by atoms with Crippen LogP contribution in [-0.4, -0.2) is 25.1 Å². The molecule has 1 N–H and O–H groups in total. The molecule has 0 aromatic heterocycles. The molecule has 3 rings (SSSR count). The topological polar surface area (TPSA) is 41.6 Å². The second kappa shape index (κ2) is 10.4. The van der Waals surface area contributed by atoms with Gasteiger partial charge in [0.25, 0.3) is 5.91 Å². The first-order valence-corrected chi connectivity index (χ1v) is 12.1. The van der Waals surface area contributed by atoms with Crippen LogP contribution >= 0.6 is 0 Å². The second-order valence-corrected chi connectivity index (χ2v) is 10.3. The van der Waals surface area contributed by atoms with Gasteiger partial charge in [-0.15, -0.1) is 0 Å². The Morgan fingerprint density at radius 3 is 2.34 bits per heavy atom. The van der Waals surface area contributed by atoms with Gasteiger partial charge >= 0.3 is 0 Å². The molecule has 1 saturated heterocycles. The minimum atomic E-state index is -0.507. The van der Waals surface area contributed by atoms with Crippen molar-refractivity contribution < 1.29 is 9.53 Å². The van der Waals surface area contributed by atoms with E-state index < -0.39 is 6.10 Å². The molecule has 0 unspecified atom stereocenters. The molecule has 1 amide bonds. The van der Waals surface area contributed by atoms with Crippen molar-refractivity contribution in [2.75, 3.05) is 18.0 Å². The third-order valence-corrected chi connectivity index (χ3v) is 6.44. The minimum absolute atomic E-state index is 0.0715. The summed E-state index contributed by atoms with van der Waals surface area (Å²) in [6, 6.07) is 16.6. The Kier molecular flexibility index (Phi) is 7.86.